The Bertz CT molecular complexity index is 555. The third kappa shape index (κ3) is 6.21. The lowest BCUT2D eigenvalue weighted by molar-refractivity contribution is 0.0107. The average Bonchev–Trinajstić information content (AvgIpc) is 2.49. The van der Waals surface area contributed by atoms with Gasteiger partial charge in [-0.1, -0.05) is 6.07 Å². The maximum absolute atomic E-state index is 11.5. The van der Waals surface area contributed by atoms with Gasteiger partial charge >= 0.3 is 12.1 Å². The number of hydrogen-bond acceptors (Lipinski definition) is 7. The number of ether oxygens (including phenoxy) is 2. The summed E-state index contributed by atoms with van der Waals surface area (Å²) in [5.41, 5.74) is -0.563. The summed E-state index contributed by atoms with van der Waals surface area (Å²) >= 11 is 0. The smallest absolute Gasteiger partial charge is 0.407 e. The summed E-state index contributed by atoms with van der Waals surface area (Å²) in [5, 5.41) is 22.3. The highest BCUT2D eigenvalue weighted by Gasteiger charge is 2.23. The van der Waals surface area contributed by atoms with Gasteiger partial charge in [0.05, 0.1) is 12.8 Å². The monoisotopic (exact) mass is 326 g/mol. The average molecular weight is 326 g/mol. The maximum atomic E-state index is 11.5. The number of methoxy groups -OCH3 is 1. The Hall–Kier alpha value is -2.19. The largest absolute Gasteiger partial charge is 0.464 e. The first-order chi connectivity index (χ1) is 10.6. The molecule has 128 valence electrons. The number of rotatable bonds is 5. The lowest BCUT2D eigenvalue weighted by atomic mass is 10.1. The van der Waals surface area contributed by atoms with Crippen LogP contribution in [0.4, 0.5) is 4.79 Å². The molecule has 3 N–H and O–H groups in total. The number of hydrogen-bond donors (Lipinski definition) is 3. The summed E-state index contributed by atoms with van der Waals surface area (Å²) in [5.74, 6) is -0.652. The highest BCUT2D eigenvalue weighted by atomic mass is 16.6. The van der Waals surface area contributed by atoms with E-state index >= 15 is 0 Å². The molecule has 0 bridgehead atoms. The van der Waals surface area contributed by atoms with Crippen LogP contribution in [0.1, 0.15) is 43.1 Å². The van der Waals surface area contributed by atoms with E-state index in [1.165, 1.54) is 25.3 Å². The molecule has 1 aromatic heterocycles. The molecule has 1 rings (SSSR count). The number of nitrogens with one attached hydrogen (secondary N) is 1. The van der Waals surface area contributed by atoms with Crippen molar-refractivity contribution in [1.82, 2.24) is 10.3 Å². The lowest BCUT2D eigenvalue weighted by Crippen LogP contribution is -2.39. The molecule has 1 heterocycles. The van der Waals surface area contributed by atoms with Crippen molar-refractivity contribution < 1.29 is 29.3 Å². The molecule has 0 aliphatic rings. The normalized spacial score (nSPS) is 13.8. The van der Waals surface area contributed by atoms with Crippen LogP contribution in [0.25, 0.3) is 0 Å². The van der Waals surface area contributed by atoms with Crippen LogP contribution in [0.3, 0.4) is 0 Å². The van der Waals surface area contributed by atoms with Gasteiger partial charge < -0.3 is 25.0 Å². The molecule has 0 fully saturated rings. The summed E-state index contributed by atoms with van der Waals surface area (Å²) < 4.78 is 9.56. The second-order valence-electron chi connectivity index (χ2n) is 5.83. The van der Waals surface area contributed by atoms with E-state index in [9.17, 15) is 19.8 Å². The number of carbonyl (C=O) groups excluding carboxylic acids is 2. The Morgan fingerprint density at radius 2 is 1.96 bits per heavy atom. The van der Waals surface area contributed by atoms with Crippen molar-refractivity contribution in [2.45, 2.75) is 38.6 Å². The van der Waals surface area contributed by atoms with Crippen LogP contribution in [0.15, 0.2) is 18.2 Å². The van der Waals surface area contributed by atoms with Gasteiger partial charge in [-0.15, -0.1) is 0 Å². The SMILES string of the molecule is COC(=O)c1cccc(C(O)C(O)CNC(=O)OC(C)(C)C)n1. The third-order valence-corrected chi connectivity index (χ3v) is 2.69. The third-order valence-electron chi connectivity index (χ3n) is 2.69. The molecule has 1 amide bonds. The molecule has 0 saturated carbocycles. The number of aliphatic hydroxyl groups excluding tert-OH is 2. The van der Waals surface area contributed by atoms with Gasteiger partial charge in [0, 0.05) is 6.54 Å². The molecule has 8 heteroatoms. The number of aromatic nitrogens is 1. The van der Waals surface area contributed by atoms with Crippen molar-refractivity contribution in [3.05, 3.63) is 29.6 Å². The first-order valence-corrected chi connectivity index (χ1v) is 7.02. The van der Waals surface area contributed by atoms with E-state index in [1.807, 2.05) is 0 Å². The van der Waals surface area contributed by atoms with E-state index in [0.29, 0.717) is 0 Å². The van der Waals surface area contributed by atoms with Crippen LogP contribution < -0.4 is 5.32 Å². The van der Waals surface area contributed by atoms with E-state index in [2.05, 4.69) is 15.0 Å². The Morgan fingerprint density at radius 3 is 2.52 bits per heavy atom. The van der Waals surface area contributed by atoms with Gasteiger partial charge in [0.15, 0.2) is 0 Å². The molecule has 0 aliphatic heterocycles. The van der Waals surface area contributed by atoms with Gasteiger partial charge in [0.2, 0.25) is 0 Å². The fourth-order valence-electron chi connectivity index (χ4n) is 1.65. The van der Waals surface area contributed by atoms with Crippen LogP contribution in [-0.4, -0.2) is 52.6 Å². The molecule has 8 nitrogen and oxygen atoms in total. The predicted octanol–water partition coefficient (Wildman–Crippen LogP) is 0.787. The summed E-state index contributed by atoms with van der Waals surface area (Å²) in [7, 11) is 1.21. The number of carbonyl (C=O) groups is 2. The molecular formula is C15H22N2O6. The van der Waals surface area contributed by atoms with E-state index in [0.717, 1.165) is 0 Å². The van der Waals surface area contributed by atoms with Gasteiger partial charge in [-0.25, -0.2) is 14.6 Å². The van der Waals surface area contributed by atoms with Crippen molar-refractivity contribution >= 4 is 12.1 Å². The van der Waals surface area contributed by atoms with Crippen molar-refractivity contribution in [1.29, 1.82) is 0 Å². The maximum Gasteiger partial charge on any atom is 0.407 e. The summed E-state index contributed by atoms with van der Waals surface area (Å²) in [6.07, 6.45) is -3.41. The molecular weight excluding hydrogens is 304 g/mol. The minimum absolute atomic E-state index is 0.0105. The quantitative estimate of drug-likeness (QED) is 0.684. The van der Waals surface area contributed by atoms with Crippen LogP contribution in [0.2, 0.25) is 0 Å². The number of aliphatic hydroxyl groups is 2. The molecule has 0 radical (unpaired) electrons. The Labute approximate surface area is 134 Å². The summed E-state index contributed by atoms with van der Waals surface area (Å²) in [4.78, 5) is 26.8. The van der Waals surface area contributed by atoms with E-state index < -0.39 is 29.9 Å². The Kier molecular flexibility index (Phi) is 6.47. The van der Waals surface area contributed by atoms with Crippen molar-refractivity contribution in [2.24, 2.45) is 0 Å². The molecule has 0 aromatic carbocycles. The van der Waals surface area contributed by atoms with Gasteiger partial charge in [0.25, 0.3) is 0 Å². The lowest BCUT2D eigenvalue weighted by Gasteiger charge is -2.22. The van der Waals surface area contributed by atoms with Crippen LogP contribution in [-0.2, 0) is 9.47 Å². The Balaban J connectivity index is 2.65. The van der Waals surface area contributed by atoms with Gasteiger partial charge in [-0.05, 0) is 32.9 Å². The van der Waals surface area contributed by atoms with Gasteiger partial charge in [0.1, 0.15) is 23.5 Å². The number of pyridine rings is 1. The van der Waals surface area contributed by atoms with Gasteiger partial charge in [-0.2, -0.15) is 0 Å². The highest BCUT2D eigenvalue weighted by molar-refractivity contribution is 5.87. The minimum Gasteiger partial charge on any atom is -0.464 e. The molecule has 2 unspecified atom stereocenters. The minimum atomic E-state index is -1.38. The fourth-order valence-corrected chi connectivity index (χ4v) is 1.65. The zero-order valence-corrected chi connectivity index (χ0v) is 13.6. The van der Waals surface area contributed by atoms with Crippen molar-refractivity contribution in [3.63, 3.8) is 0 Å². The van der Waals surface area contributed by atoms with Crippen LogP contribution in [0, 0.1) is 0 Å². The van der Waals surface area contributed by atoms with Crippen molar-refractivity contribution in [2.75, 3.05) is 13.7 Å². The highest BCUT2D eigenvalue weighted by Crippen LogP contribution is 2.15. The predicted molar refractivity (Wildman–Crippen MR) is 80.8 cm³/mol. The first-order valence-electron chi connectivity index (χ1n) is 7.02. The van der Waals surface area contributed by atoms with E-state index in [-0.39, 0.29) is 17.9 Å². The van der Waals surface area contributed by atoms with Crippen molar-refractivity contribution in [3.8, 4) is 0 Å². The zero-order chi connectivity index (χ0) is 17.6. The molecule has 0 spiro atoms. The van der Waals surface area contributed by atoms with E-state index in [1.54, 1.807) is 20.8 Å². The molecule has 0 aliphatic carbocycles. The molecule has 2 atom stereocenters. The molecule has 23 heavy (non-hydrogen) atoms. The van der Waals surface area contributed by atoms with E-state index in [4.69, 9.17) is 4.74 Å². The van der Waals surface area contributed by atoms with Crippen LogP contribution in [0.5, 0.6) is 0 Å². The zero-order valence-electron chi connectivity index (χ0n) is 13.6. The Morgan fingerprint density at radius 1 is 1.30 bits per heavy atom. The number of nitrogens with zero attached hydrogens (tertiary/aromatic N) is 1. The fraction of sp³-hybridized carbons (Fsp3) is 0.533. The second-order valence-corrected chi connectivity index (χ2v) is 5.83. The molecule has 1 aromatic rings. The number of alkyl carbamates (subject to hydrolysis) is 1. The second kappa shape index (κ2) is 7.89. The summed E-state index contributed by atoms with van der Waals surface area (Å²) in [6.45, 7) is 4.89. The number of amides is 1. The summed E-state index contributed by atoms with van der Waals surface area (Å²) in [6, 6.07) is 4.38. The standard InChI is InChI=1S/C15H22N2O6/c1-15(2,3)23-14(21)16-8-11(18)12(19)9-6-5-7-10(17-9)13(20)22-4/h5-7,11-12,18-19H,8H2,1-4H3,(H,16,21). The number of esters is 1. The van der Waals surface area contributed by atoms with Crippen LogP contribution >= 0.6 is 0 Å². The topological polar surface area (TPSA) is 118 Å². The van der Waals surface area contributed by atoms with Gasteiger partial charge in [-0.3, -0.25) is 0 Å². The first kappa shape index (κ1) is 18.9. The molecule has 0 saturated heterocycles.